The Bertz CT molecular complexity index is 437. The third-order valence-electron chi connectivity index (χ3n) is 3.02. The molecule has 0 aromatic heterocycles. The molecule has 17 heavy (non-hydrogen) atoms. The van der Waals surface area contributed by atoms with Crippen LogP contribution in [0.15, 0.2) is 18.2 Å². The average Bonchev–Trinajstić information content (AvgIpc) is 2.72. The molecule has 92 valence electrons. The van der Waals surface area contributed by atoms with E-state index in [4.69, 9.17) is 5.11 Å². The fourth-order valence-corrected chi connectivity index (χ4v) is 2.17. The number of nitrogens with zero attached hydrogens (tertiary/aromatic N) is 1. The molecule has 0 bridgehead atoms. The topological polar surface area (TPSA) is 40.5 Å². The monoisotopic (exact) mass is 241 g/mol. The van der Waals surface area contributed by atoms with E-state index in [9.17, 15) is 13.6 Å². The molecule has 1 aliphatic rings. The van der Waals surface area contributed by atoms with Crippen molar-refractivity contribution in [2.24, 2.45) is 0 Å². The van der Waals surface area contributed by atoms with Crippen molar-refractivity contribution < 1.29 is 18.7 Å². The third kappa shape index (κ3) is 2.61. The number of carboxylic acids is 1. The van der Waals surface area contributed by atoms with Gasteiger partial charge in [-0.1, -0.05) is 6.07 Å². The first-order valence-electron chi connectivity index (χ1n) is 5.48. The zero-order valence-electron chi connectivity index (χ0n) is 9.20. The molecule has 0 aliphatic carbocycles. The van der Waals surface area contributed by atoms with Crippen molar-refractivity contribution in [1.82, 2.24) is 4.90 Å². The highest BCUT2D eigenvalue weighted by Gasteiger charge is 2.30. The van der Waals surface area contributed by atoms with Crippen LogP contribution in [-0.2, 0) is 11.3 Å². The first kappa shape index (κ1) is 12.0. The van der Waals surface area contributed by atoms with Gasteiger partial charge in [-0.3, -0.25) is 9.69 Å². The lowest BCUT2D eigenvalue weighted by atomic mass is 10.1. The van der Waals surface area contributed by atoms with Gasteiger partial charge in [-0.15, -0.1) is 0 Å². The summed E-state index contributed by atoms with van der Waals surface area (Å²) in [5.74, 6) is -2.64. The zero-order valence-corrected chi connectivity index (χ0v) is 9.20. The molecule has 3 nitrogen and oxygen atoms in total. The highest BCUT2D eigenvalue weighted by atomic mass is 19.2. The van der Waals surface area contributed by atoms with Crippen molar-refractivity contribution in [3.05, 3.63) is 35.4 Å². The summed E-state index contributed by atoms with van der Waals surface area (Å²) in [6.45, 7) is 1.02. The van der Waals surface area contributed by atoms with Gasteiger partial charge in [0.25, 0.3) is 0 Å². The van der Waals surface area contributed by atoms with Crippen molar-refractivity contribution in [1.29, 1.82) is 0 Å². The lowest BCUT2D eigenvalue weighted by molar-refractivity contribution is -0.142. The molecule has 1 heterocycles. The molecular formula is C12H13F2NO2. The number of carbonyl (C=O) groups is 1. The molecule has 1 aromatic rings. The van der Waals surface area contributed by atoms with E-state index in [0.29, 0.717) is 25.1 Å². The summed E-state index contributed by atoms with van der Waals surface area (Å²) in [5, 5.41) is 8.98. The molecule has 0 saturated carbocycles. The van der Waals surface area contributed by atoms with E-state index in [1.165, 1.54) is 6.07 Å². The maximum atomic E-state index is 13.0. The SMILES string of the molecule is O=C(O)C1CCCN1Cc1ccc(F)c(F)c1. The first-order chi connectivity index (χ1) is 8.08. The zero-order chi connectivity index (χ0) is 12.4. The average molecular weight is 241 g/mol. The number of hydrogen-bond acceptors (Lipinski definition) is 2. The Morgan fingerprint density at radius 3 is 2.82 bits per heavy atom. The Morgan fingerprint density at radius 2 is 2.18 bits per heavy atom. The second-order valence-corrected chi connectivity index (χ2v) is 4.22. The second-order valence-electron chi connectivity index (χ2n) is 4.22. The summed E-state index contributed by atoms with van der Waals surface area (Å²) in [6.07, 6.45) is 1.43. The Balaban J connectivity index is 2.09. The maximum absolute atomic E-state index is 13.0. The highest BCUT2D eigenvalue weighted by Crippen LogP contribution is 2.21. The van der Waals surface area contributed by atoms with Crippen molar-refractivity contribution in [3.63, 3.8) is 0 Å². The third-order valence-corrected chi connectivity index (χ3v) is 3.02. The van der Waals surface area contributed by atoms with E-state index >= 15 is 0 Å². The largest absolute Gasteiger partial charge is 0.480 e. The smallest absolute Gasteiger partial charge is 0.320 e. The molecule has 1 aromatic carbocycles. The van der Waals surface area contributed by atoms with Gasteiger partial charge in [-0.2, -0.15) is 0 Å². The van der Waals surface area contributed by atoms with Gasteiger partial charge in [0, 0.05) is 6.54 Å². The van der Waals surface area contributed by atoms with Gasteiger partial charge in [0.2, 0.25) is 0 Å². The molecule has 1 aliphatic heterocycles. The number of aliphatic carboxylic acids is 1. The van der Waals surface area contributed by atoms with E-state index in [0.717, 1.165) is 18.6 Å². The van der Waals surface area contributed by atoms with E-state index in [-0.39, 0.29) is 0 Å². The molecule has 1 fully saturated rings. The van der Waals surface area contributed by atoms with E-state index < -0.39 is 23.6 Å². The second kappa shape index (κ2) is 4.79. The molecule has 1 unspecified atom stereocenters. The molecule has 0 radical (unpaired) electrons. The van der Waals surface area contributed by atoms with E-state index in [1.54, 1.807) is 4.90 Å². The Kier molecular flexibility index (Phi) is 3.38. The van der Waals surface area contributed by atoms with Crippen LogP contribution in [0.4, 0.5) is 8.78 Å². The van der Waals surface area contributed by atoms with Crippen LogP contribution in [0.5, 0.6) is 0 Å². The number of rotatable bonds is 3. The van der Waals surface area contributed by atoms with Crippen molar-refractivity contribution in [2.45, 2.75) is 25.4 Å². The summed E-state index contributed by atoms with van der Waals surface area (Å²) in [4.78, 5) is 12.7. The van der Waals surface area contributed by atoms with Crippen LogP contribution in [0.1, 0.15) is 18.4 Å². The van der Waals surface area contributed by atoms with Crippen LogP contribution in [0.2, 0.25) is 0 Å². The Morgan fingerprint density at radius 1 is 1.41 bits per heavy atom. The fourth-order valence-electron chi connectivity index (χ4n) is 2.17. The molecule has 1 N–H and O–H groups in total. The van der Waals surface area contributed by atoms with E-state index in [1.807, 2.05) is 0 Å². The summed E-state index contributed by atoms with van der Waals surface area (Å²) in [5.41, 5.74) is 0.594. The minimum absolute atomic E-state index is 0.341. The first-order valence-corrected chi connectivity index (χ1v) is 5.48. The molecule has 1 saturated heterocycles. The quantitative estimate of drug-likeness (QED) is 0.880. The van der Waals surface area contributed by atoms with Gasteiger partial charge >= 0.3 is 5.97 Å². The maximum Gasteiger partial charge on any atom is 0.320 e. The normalized spacial score (nSPS) is 20.7. The summed E-state index contributed by atoms with van der Waals surface area (Å²) in [7, 11) is 0. The van der Waals surface area contributed by atoms with Gasteiger partial charge in [0.1, 0.15) is 6.04 Å². The van der Waals surface area contributed by atoms with Gasteiger partial charge in [0.15, 0.2) is 11.6 Å². The van der Waals surface area contributed by atoms with Crippen molar-refractivity contribution in [3.8, 4) is 0 Å². The number of hydrogen-bond donors (Lipinski definition) is 1. The van der Waals surface area contributed by atoms with Crippen LogP contribution in [-0.4, -0.2) is 28.6 Å². The van der Waals surface area contributed by atoms with Crippen LogP contribution < -0.4 is 0 Å². The van der Waals surface area contributed by atoms with Crippen molar-refractivity contribution >= 4 is 5.97 Å². The molecule has 0 amide bonds. The van der Waals surface area contributed by atoms with E-state index in [2.05, 4.69) is 0 Å². The minimum Gasteiger partial charge on any atom is -0.480 e. The Hall–Kier alpha value is -1.49. The lowest BCUT2D eigenvalue weighted by Crippen LogP contribution is -2.35. The number of likely N-dealkylation sites (tertiary alicyclic amines) is 1. The predicted molar refractivity (Wildman–Crippen MR) is 57.4 cm³/mol. The molecule has 0 spiro atoms. The summed E-state index contributed by atoms with van der Waals surface area (Å²) >= 11 is 0. The molecular weight excluding hydrogens is 228 g/mol. The Labute approximate surface area is 97.7 Å². The van der Waals surface area contributed by atoms with Crippen molar-refractivity contribution in [2.75, 3.05) is 6.54 Å². The standard InChI is InChI=1S/C12H13F2NO2/c13-9-4-3-8(6-10(9)14)7-15-5-1-2-11(15)12(16)17/h3-4,6,11H,1-2,5,7H2,(H,16,17). The van der Waals surface area contributed by atoms with Crippen LogP contribution in [0, 0.1) is 11.6 Å². The molecule has 2 rings (SSSR count). The molecule has 1 atom stereocenters. The van der Waals surface area contributed by atoms with Gasteiger partial charge in [0.05, 0.1) is 0 Å². The highest BCUT2D eigenvalue weighted by molar-refractivity contribution is 5.73. The molecule has 5 heteroatoms. The van der Waals surface area contributed by atoms with Gasteiger partial charge in [-0.05, 0) is 37.1 Å². The summed E-state index contributed by atoms with van der Waals surface area (Å²) < 4.78 is 25.7. The number of halogens is 2. The minimum atomic E-state index is -0.895. The van der Waals surface area contributed by atoms with Crippen LogP contribution in [0.25, 0.3) is 0 Å². The number of benzene rings is 1. The lowest BCUT2D eigenvalue weighted by Gasteiger charge is -2.20. The van der Waals surface area contributed by atoms with Gasteiger partial charge in [-0.25, -0.2) is 8.78 Å². The summed E-state index contributed by atoms with van der Waals surface area (Å²) in [6, 6.07) is 3.15. The predicted octanol–water partition coefficient (Wildman–Crippen LogP) is 2.01. The van der Waals surface area contributed by atoms with Crippen LogP contribution >= 0.6 is 0 Å². The number of carboxylic acid groups (broad SMARTS) is 1. The van der Waals surface area contributed by atoms with Crippen LogP contribution in [0.3, 0.4) is 0 Å². The van der Waals surface area contributed by atoms with Gasteiger partial charge < -0.3 is 5.11 Å². The fraction of sp³-hybridized carbons (Fsp3) is 0.417.